The SMILES string of the molecule is CCOC(=O)c1ccc(NC(=O)Cn2c(C(F)(F)F)nc3ccccc32)cc1. The van der Waals surface area contributed by atoms with Gasteiger partial charge in [0.05, 0.1) is 23.2 Å². The number of nitrogens with zero attached hydrogens (tertiary/aromatic N) is 2. The number of esters is 1. The maximum absolute atomic E-state index is 13.3. The van der Waals surface area contributed by atoms with Crippen molar-refractivity contribution in [1.29, 1.82) is 0 Å². The fraction of sp³-hybridized carbons (Fsp3) is 0.211. The Morgan fingerprint density at radius 3 is 2.43 bits per heavy atom. The molecule has 0 unspecified atom stereocenters. The molecule has 1 N–H and O–H groups in total. The van der Waals surface area contributed by atoms with Gasteiger partial charge in [-0.05, 0) is 43.3 Å². The van der Waals surface area contributed by atoms with Crippen LogP contribution in [-0.2, 0) is 22.3 Å². The van der Waals surface area contributed by atoms with Gasteiger partial charge < -0.3 is 14.6 Å². The van der Waals surface area contributed by atoms with E-state index in [0.717, 1.165) is 4.57 Å². The fourth-order valence-corrected chi connectivity index (χ4v) is 2.70. The summed E-state index contributed by atoms with van der Waals surface area (Å²) in [5, 5.41) is 2.51. The lowest BCUT2D eigenvalue weighted by Gasteiger charge is -2.12. The van der Waals surface area contributed by atoms with E-state index in [4.69, 9.17) is 4.74 Å². The number of anilines is 1. The number of carbonyl (C=O) groups is 2. The van der Waals surface area contributed by atoms with Crippen molar-refractivity contribution in [2.45, 2.75) is 19.6 Å². The van der Waals surface area contributed by atoms with Gasteiger partial charge in [0, 0.05) is 5.69 Å². The number of imidazole rings is 1. The average Bonchev–Trinajstić information content (AvgIpc) is 3.01. The summed E-state index contributed by atoms with van der Waals surface area (Å²) in [5.74, 6) is -2.29. The van der Waals surface area contributed by atoms with Crippen molar-refractivity contribution in [1.82, 2.24) is 9.55 Å². The van der Waals surface area contributed by atoms with Gasteiger partial charge >= 0.3 is 12.1 Å². The number of alkyl halides is 3. The van der Waals surface area contributed by atoms with Gasteiger partial charge in [0.15, 0.2) is 0 Å². The van der Waals surface area contributed by atoms with Crippen LogP contribution in [0.2, 0.25) is 0 Å². The van der Waals surface area contributed by atoms with E-state index in [2.05, 4.69) is 10.3 Å². The van der Waals surface area contributed by atoms with E-state index in [1.54, 1.807) is 19.1 Å². The first-order valence-electron chi connectivity index (χ1n) is 8.39. The van der Waals surface area contributed by atoms with Crippen molar-refractivity contribution in [2.24, 2.45) is 0 Å². The molecule has 0 bridgehead atoms. The van der Waals surface area contributed by atoms with E-state index in [1.165, 1.54) is 36.4 Å². The highest BCUT2D eigenvalue weighted by Gasteiger charge is 2.38. The number of rotatable bonds is 5. The van der Waals surface area contributed by atoms with E-state index in [1.807, 2.05) is 0 Å². The molecule has 0 radical (unpaired) electrons. The predicted octanol–water partition coefficient (Wildman–Crippen LogP) is 3.87. The molecule has 1 amide bonds. The van der Waals surface area contributed by atoms with Crippen LogP contribution in [-0.4, -0.2) is 28.0 Å². The molecular weight excluding hydrogens is 375 g/mol. The van der Waals surface area contributed by atoms with Crippen LogP contribution in [0, 0.1) is 0 Å². The average molecular weight is 391 g/mol. The van der Waals surface area contributed by atoms with Gasteiger partial charge in [-0.3, -0.25) is 4.79 Å². The lowest BCUT2D eigenvalue weighted by Crippen LogP contribution is -2.23. The van der Waals surface area contributed by atoms with E-state index in [9.17, 15) is 22.8 Å². The minimum atomic E-state index is -4.69. The molecular formula is C19H16F3N3O3. The van der Waals surface area contributed by atoms with Gasteiger partial charge in [-0.25, -0.2) is 9.78 Å². The Balaban J connectivity index is 1.79. The lowest BCUT2D eigenvalue weighted by molar-refractivity contribution is -0.147. The minimum Gasteiger partial charge on any atom is -0.462 e. The van der Waals surface area contributed by atoms with Gasteiger partial charge in [0.25, 0.3) is 0 Å². The van der Waals surface area contributed by atoms with Gasteiger partial charge in [-0.15, -0.1) is 0 Å². The summed E-state index contributed by atoms with van der Waals surface area (Å²) in [4.78, 5) is 27.5. The topological polar surface area (TPSA) is 73.2 Å². The summed E-state index contributed by atoms with van der Waals surface area (Å²) >= 11 is 0. The third kappa shape index (κ3) is 4.13. The number of aromatic nitrogens is 2. The largest absolute Gasteiger partial charge is 0.462 e. The number of nitrogens with one attached hydrogen (secondary N) is 1. The molecule has 0 aliphatic heterocycles. The Hall–Kier alpha value is -3.36. The zero-order chi connectivity index (χ0) is 20.3. The van der Waals surface area contributed by atoms with E-state index in [0.29, 0.717) is 11.3 Å². The van der Waals surface area contributed by atoms with Crippen molar-refractivity contribution in [3.8, 4) is 0 Å². The fourth-order valence-electron chi connectivity index (χ4n) is 2.70. The summed E-state index contributed by atoms with van der Waals surface area (Å²) < 4.78 is 45.6. The summed E-state index contributed by atoms with van der Waals surface area (Å²) in [7, 11) is 0. The molecule has 9 heteroatoms. The molecule has 0 spiro atoms. The molecule has 6 nitrogen and oxygen atoms in total. The molecule has 1 aromatic heterocycles. The number of hydrogen-bond donors (Lipinski definition) is 1. The third-order valence-electron chi connectivity index (χ3n) is 3.89. The number of amides is 1. The molecule has 0 aliphatic rings. The standard InChI is InChI=1S/C19H16F3N3O3/c1-2-28-17(27)12-7-9-13(10-8-12)23-16(26)11-25-15-6-4-3-5-14(15)24-18(25)19(20,21)22/h3-10H,2,11H2,1H3,(H,23,26). The number of fused-ring (bicyclic) bond motifs is 1. The molecule has 2 aromatic carbocycles. The second-order valence-corrected chi connectivity index (χ2v) is 5.85. The van der Waals surface area contributed by atoms with Crippen molar-refractivity contribution >= 4 is 28.6 Å². The van der Waals surface area contributed by atoms with Crippen LogP contribution < -0.4 is 5.32 Å². The molecule has 3 aromatic rings. The molecule has 0 aliphatic carbocycles. The molecule has 3 rings (SSSR count). The number of halogens is 3. The van der Waals surface area contributed by atoms with Crippen molar-refractivity contribution in [2.75, 3.05) is 11.9 Å². The van der Waals surface area contributed by atoms with Crippen LogP contribution in [0.15, 0.2) is 48.5 Å². The van der Waals surface area contributed by atoms with Crippen LogP contribution in [0.5, 0.6) is 0 Å². The van der Waals surface area contributed by atoms with Crippen LogP contribution in [0.25, 0.3) is 11.0 Å². The third-order valence-corrected chi connectivity index (χ3v) is 3.89. The highest BCUT2D eigenvalue weighted by molar-refractivity contribution is 5.93. The molecule has 146 valence electrons. The van der Waals surface area contributed by atoms with Gasteiger partial charge in [0.2, 0.25) is 11.7 Å². The zero-order valence-electron chi connectivity index (χ0n) is 14.8. The summed E-state index contributed by atoms with van der Waals surface area (Å²) in [5.41, 5.74) is 1.01. The number of para-hydroxylation sites is 2. The Bertz CT molecular complexity index is 1010. The first-order chi connectivity index (χ1) is 13.3. The Morgan fingerprint density at radius 1 is 1.11 bits per heavy atom. The van der Waals surface area contributed by atoms with Gasteiger partial charge in [0.1, 0.15) is 6.54 Å². The zero-order valence-corrected chi connectivity index (χ0v) is 14.8. The maximum Gasteiger partial charge on any atom is 0.449 e. The highest BCUT2D eigenvalue weighted by Crippen LogP contribution is 2.31. The quantitative estimate of drug-likeness (QED) is 0.670. The molecule has 0 fully saturated rings. The Morgan fingerprint density at radius 2 is 1.79 bits per heavy atom. The number of benzene rings is 2. The molecule has 0 saturated carbocycles. The summed E-state index contributed by atoms with van der Waals surface area (Å²) in [6.45, 7) is 1.36. The number of ether oxygens (including phenoxy) is 1. The Labute approximate surface area is 157 Å². The maximum atomic E-state index is 13.3. The second-order valence-electron chi connectivity index (χ2n) is 5.85. The molecule has 0 atom stereocenters. The van der Waals surface area contributed by atoms with E-state index in [-0.39, 0.29) is 17.6 Å². The van der Waals surface area contributed by atoms with Crippen molar-refractivity contribution in [3.63, 3.8) is 0 Å². The smallest absolute Gasteiger partial charge is 0.449 e. The minimum absolute atomic E-state index is 0.154. The first-order valence-corrected chi connectivity index (χ1v) is 8.39. The van der Waals surface area contributed by atoms with E-state index >= 15 is 0 Å². The van der Waals surface area contributed by atoms with Gasteiger partial charge in [-0.2, -0.15) is 13.2 Å². The molecule has 28 heavy (non-hydrogen) atoms. The van der Waals surface area contributed by atoms with Crippen LogP contribution in [0.4, 0.5) is 18.9 Å². The summed E-state index contributed by atoms with van der Waals surface area (Å²) in [6, 6.07) is 11.9. The predicted molar refractivity (Wildman–Crippen MR) is 95.8 cm³/mol. The number of carbonyl (C=O) groups excluding carboxylic acids is 2. The van der Waals surface area contributed by atoms with Crippen LogP contribution >= 0.6 is 0 Å². The highest BCUT2D eigenvalue weighted by atomic mass is 19.4. The van der Waals surface area contributed by atoms with Gasteiger partial charge in [-0.1, -0.05) is 12.1 Å². The normalized spacial score (nSPS) is 11.4. The first kappa shape index (κ1) is 19.4. The van der Waals surface area contributed by atoms with E-state index < -0.39 is 30.4 Å². The molecule has 1 heterocycles. The Kier molecular flexibility index (Phi) is 5.34. The van der Waals surface area contributed by atoms with Crippen molar-refractivity contribution < 1.29 is 27.5 Å². The van der Waals surface area contributed by atoms with Crippen molar-refractivity contribution in [3.05, 3.63) is 59.9 Å². The van der Waals surface area contributed by atoms with Crippen LogP contribution in [0.1, 0.15) is 23.1 Å². The monoisotopic (exact) mass is 391 g/mol. The summed E-state index contributed by atoms with van der Waals surface area (Å²) in [6.07, 6.45) is -4.69. The van der Waals surface area contributed by atoms with Crippen LogP contribution in [0.3, 0.4) is 0 Å². The second kappa shape index (κ2) is 7.71. The molecule has 0 saturated heterocycles. The number of hydrogen-bond acceptors (Lipinski definition) is 4. The lowest BCUT2D eigenvalue weighted by atomic mass is 10.2.